The highest BCUT2D eigenvalue weighted by molar-refractivity contribution is 5.93. The van der Waals surface area contributed by atoms with E-state index in [1.807, 2.05) is 12.1 Å². The average molecular weight is 368 g/mol. The first-order chi connectivity index (χ1) is 13.1. The first-order valence-electron chi connectivity index (χ1n) is 8.86. The maximum absolute atomic E-state index is 12.9. The van der Waals surface area contributed by atoms with Gasteiger partial charge in [-0.25, -0.2) is 4.98 Å². The van der Waals surface area contributed by atoms with Crippen LogP contribution in [0.5, 0.6) is 0 Å². The molecule has 1 aliphatic rings. The monoisotopic (exact) mass is 368 g/mol. The van der Waals surface area contributed by atoms with Crippen molar-refractivity contribution in [2.24, 2.45) is 0 Å². The van der Waals surface area contributed by atoms with E-state index in [0.717, 1.165) is 18.4 Å². The first kappa shape index (κ1) is 17.3. The van der Waals surface area contributed by atoms with Gasteiger partial charge in [0.1, 0.15) is 11.4 Å². The lowest BCUT2D eigenvalue weighted by Gasteiger charge is -2.32. The van der Waals surface area contributed by atoms with Crippen molar-refractivity contribution in [2.45, 2.75) is 32.5 Å². The van der Waals surface area contributed by atoms with Crippen molar-refractivity contribution in [3.8, 4) is 0 Å². The van der Waals surface area contributed by atoms with E-state index in [4.69, 9.17) is 4.74 Å². The Morgan fingerprint density at radius 2 is 2.30 bits per heavy atom. The van der Waals surface area contributed by atoms with Crippen molar-refractivity contribution < 1.29 is 9.53 Å². The number of pyridine rings is 1. The summed E-state index contributed by atoms with van der Waals surface area (Å²) in [6.07, 6.45) is 6.41. The lowest BCUT2D eigenvalue weighted by molar-refractivity contribution is -0.00688. The van der Waals surface area contributed by atoms with E-state index in [2.05, 4.69) is 20.1 Å². The molecule has 1 atom stereocenters. The fraction of sp³-hybridized carbons (Fsp3) is 0.389. The molecule has 3 aromatic heterocycles. The van der Waals surface area contributed by atoms with Crippen molar-refractivity contribution in [3.05, 3.63) is 58.0 Å². The van der Waals surface area contributed by atoms with Crippen LogP contribution < -0.4 is 5.56 Å². The largest absolute Gasteiger partial charge is 0.372 e. The van der Waals surface area contributed by atoms with Gasteiger partial charge in [0, 0.05) is 31.7 Å². The number of aryl methyl sites for hydroxylation is 1. The Bertz CT molecular complexity index is 1010. The number of likely N-dealkylation sites (tertiary alicyclic amines) is 1. The number of H-pyrrole nitrogens is 1. The van der Waals surface area contributed by atoms with Crippen molar-refractivity contribution in [3.63, 3.8) is 0 Å². The Balaban J connectivity index is 1.47. The quantitative estimate of drug-likeness (QED) is 0.735. The maximum atomic E-state index is 12.9. The summed E-state index contributed by atoms with van der Waals surface area (Å²) in [4.78, 5) is 39.4. The van der Waals surface area contributed by atoms with E-state index in [1.165, 1.54) is 10.7 Å². The number of aromatic nitrogens is 5. The summed E-state index contributed by atoms with van der Waals surface area (Å²) >= 11 is 0. The standard InChI is InChI=1S/C18H20N6O3/c1-12-21-18-20-9-15(17(26)24(18)22-12)16(25)23-7-3-5-14(10-23)27-11-13-4-2-6-19-8-13/h2,4,6,8-9,14H,3,5,7,10-11H2,1H3,(H,20,21,22)/t14-/m1/s1. The Kier molecular flexibility index (Phi) is 4.68. The predicted molar refractivity (Wildman–Crippen MR) is 96.3 cm³/mol. The van der Waals surface area contributed by atoms with Gasteiger partial charge in [-0.05, 0) is 31.4 Å². The van der Waals surface area contributed by atoms with E-state index in [0.29, 0.717) is 25.5 Å². The number of carbonyl (C=O) groups is 1. The molecule has 140 valence electrons. The van der Waals surface area contributed by atoms with E-state index < -0.39 is 5.56 Å². The third kappa shape index (κ3) is 3.59. The number of rotatable bonds is 4. The lowest BCUT2D eigenvalue weighted by Crippen LogP contribution is -2.45. The van der Waals surface area contributed by atoms with Crippen LogP contribution >= 0.6 is 0 Å². The van der Waals surface area contributed by atoms with Crippen LogP contribution in [0.25, 0.3) is 5.78 Å². The van der Waals surface area contributed by atoms with Gasteiger partial charge in [-0.3, -0.25) is 19.7 Å². The number of nitrogens with one attached hydrogen (secondary N) is 1. The van der Waals surface area contributed by atoms with Crippen LogP contribution in [0.2, 0.25) is 0 Å². The molecule has 1 aliphatic heterocycles. The zero-order valence-corrected chi connectivity index (χ0v) is 15.0. The van der Waals surface area contributed by atoms with E-state index in [-0.39, 0.29) is 23.4 Å². The smallest absolute Gasteiger partial charge is 0.286 e. The van der Waals surface area contributed by atoms with Gasteiger partial charge in [-0.15, -0.1) is 0 Å². The summed E-state index contributed by atoms with van der Waals surface area (Å²) in [7, 11) is 0. The van der Waals surface area contributed by atoms with Crippen LogP contribution in [0.1, 0.15) is 34.6 Å². The highest BCUT2D eigenvalue weighted by atomic mass is 16.5. The first-order valence-corrected chi connectivity index (χ1v) is 8.86. The van der Waals surface area contributed by atoms with E-state index in [1.54, 1.807) is 24.2 Å². The number of carbonyl (C=O) groups excluding carboxylic acids is 1. The van der Waals surface area contributed by atoms with Gasteiger partial charge in [0.15, 0.2) is 0 Å². The topological polar surface area (TPSA) is 105 Å². The molecule has 0 aliphatic carbocycles. The van der Waals surface area contributed by atoms with Gasteiger partial charge in [0.25, 0.3) is 17.2 Å². The molecule has 9 nitrogen and oxygen atoms in total. The van der Waals surface area contributed by atoms with Crippen LogP contribution in [0.3, 0.4) is 0 Å². The number of nitrogens with zero attached hydrogens (tertiary/aromatic N) is 5. The van der Waals surface area contributed by atoms with Gasteiger partial charge < -0.3 is 9.64 Å². The molecule has 9 heteroatoms. The second-order valence-electron chi connectivity index (χ2n) is 6.61. The third-order valence-corrected chi connectivity index (χ3v) is 4.59. The van der Waals surface area contributed by atoms with E-state index >= 15 is 0 Å². The average Bonchev–Trinajstić information content (AvgIpc) is 3.09. The number of hydrogen-bond acceptors (Lipinski definition) is 6. The highest BCUT2D eigenvalue weighted by Gasteiger charge is 2.27. The second-order valence-corrected chi connectivity index (χ2v) is 6.61. The number of piperidine rings is 1. The molecule has 0 bridgehead atoms. The third-order valence-electron chi connectivity index (χ3n) is 4.59. The van der Waals surface area contributed by atoms with Gasteiger partial charge >= 0.3 is 0 Å². The van der Waals surface area contributed by atoms with Crippen LogP contribution in [0.4, 0.5) is 0 Å². The molecule has 27 heavy (non-hydrogen) atoms. The summed E-state index contributed by atoms with van der Waals surface area (Å²) < 4.78 is 7.14. The molecule has 3 aromatic rings. The Labute approximate surface area is 155 Å². The fourth-order valence-electron chi connectivity index (χ4n) is 3.24. The summed E-state index contributed by atoms with van der Waals surface area (Å²) in [5.41, 5.74) is 0.580. The number of ether oxygens (including phenoxy) is 1. The summed E-state index contributed by atoms with van der Waals surface area (Å²) in [6.45, 7) is 3.22. The molecule has 0 radical (unpaired) electrons. The molecule has 0 unspecified atom stereocenters. The Hall–Kier alpha value is -3.07. The van der Waals surface area contributed by atoms with E-state index in [9.17, 15) is 9.59 Å². The normalized spacial score (nSPS) is 17.4. The molecule has 4 heterocycles. The molecule has 1 N–H and O–H groups in total. The van der Waals surface area contributed by atoms with Crippen LogP contribution in [0.15, 0.2) is 35.5 Å². The predicted octanol–water partition coefficient (Wildman–Crippen LogP) is 0.942. The van der Waals surface area contributed by atoms with Gasteiger partial charge in [0.05, 0.1) is 12.7 Å². The molecule has 4 rings (SSSR count). The molecule has 0 spiro atoms. The summed E-state index contributed by atoms with van der Waals surface area (Å²) in [6, 6.07) is 3.82. The van der Waals surface area contributed by atoms with Crippen LogP contribution in [-0.4, -0.2) is 54.6 Å². The summed E-state index contributed by atoms with van der Waals surface area (Å²) in [5.74, 6) is 0.486. The molecule has 1 amide bonds. The Morgan fingerprint density at radius 3 is 3.11 bits per heavy atom. The van der Waals surface area contributed by atoms with Crippen molar-refractivity contribution in [2.75, 3.05) is 13.1 Å². The molecule has 1 fully saturated rings. The van der Waals surface area contributed by atoms with Crippen LogP contribution in [-0.2, 0) is 11.3 Å². The summed E-state index contributed by atoms with van der Waals surface area (Å²) in [5, 5.41) is 2.80. The minimum Gasteiger partial charge on any atom is -0.372 e. The Morgan fingerprint density at radius 1 is 1.41 bits per heavy atom. The number of amides is 1. The second kappa shape index (κ2) is 7.28. The minimum atomic E-state index is -0.441. The van der Waals surface area contributed by atoms with Crippen LogP contribution in [0, 0.1) is 6.92 Å². The minimum absolute atomic E-state index is 0.0315. The number of hydrogen-bond donors (Lipinski definition) is 1. The maximum Gasteiger partial charge on any atom is 0.286 e. The molecule has 1 saturated heterocycles. The van der Waals surface area contributed by atoms with Gasteiger partial charge in [0.2, 0.25) is 0 Å². The number of aromatic amines is 1. The van der Waals surface area contributed by atoms with Crippen molar-refractivity contribution >= 4 is 11.7 Å². The lowest BCUT2D eigenvalue weighted by atomic mass is 10.1. The van der Waals surface area contributed by atoms with Gasteiger partial charge in [-0.1, -0.05) is 6.07 Å². The fourth-order valence-corrected chi connectivity index (χ4v) is 3.24. The SMILES string of the molecule is Cc1nc2ncc(C(=O)N3CCC[C@@H](OCc4cccnc4)C3)c(=O)n2[nH]1. The number of fused-ring (bicyclic) bond motifs is 1. The molecular weight excluding hydrogens is 348 g/mol. The zero-order valence-electron chi connectivity index (χ0n) is 15.0. The highest BCUT2D eigenvalue weighted by Crippen LogP contribution is 2.16. The van der Waals surface area contributed by atoms with Crippen molar-refractivity contribution in [1.29, 1.82) is 0 Å². The van der Waals surface area contributed by atoms with Gasteiger partial charge in [-0.2, -0.15) is 9.50 Å². The van der Waals surface area contributed by atoms with Crippen molar-refractivity contribution in [1.82, 2.24) is 29.5 Å². The molecule has 0 aromatic carbocycles. The zero-order chi connectivity index (χ0) is 18.8. The molecule has 0 saturated carbocycles. The molecular formula is C18H20N6O3.